The van der Waals surface area contributed by atoms with Crippen molar-refractivity contribution in [3.05, 3.63) is 71.2 Å². The first-order chi connectivity index (χ1) is 15.3. The van der Waals surface area contributed by atoms with Gasteiger partial charge in [-0.2, -0.15) is 5.26 Å². The standard InChI is InChI=1S/C21H20F3N3O4S/c22-14-5-12(6-15(23)19(14)24)16(26)8-27-9-17-21(31-18(10-28)20(29)30-17)32-13-3-1-2-11(4-13)7-25/h1-6,8,17-18,20-21,27-29H,9-10,26H2/b16-8-. The Kier molecular flexibility index (Phi) is 8.00. The number of benzene rings is 2. The van der Waals surface area contributed by atoms with E-state index in [4.69, 9.17) is 20.5 Å². The van der Waals surface area contributed by atoms with Gasteiger partial charge in [0.25, 0.3) is 0 Å². The van der Waals surface area contributed by atoms with E-state index < -0.39 is 48.0 Å². The fourth-order valence-corrected chi connectivity index (χ4v) is 4.03. The van der Waals surface area contributed by atoms with Crippen molar-refractivity contribution < 1.29 is 32.9 Å². The zero-order valence-electron chi connectivity index (χ0n) is 16.5. The summed E-state index contributed by atoms with van der Waals surface area (Å²) in [5.74, 6) is -4.32. The van der Waals surface area contributed by atoms with Crippen molar-refractivity contribution in [2.24, 2.45) is 5.73 Å². The molecule has 3 rings (SSSR count). The van der Waals surface area contributed by atoms with Crippen molar-refractivity contribution in [2.45, 2.75) is 28.8 Å². The molecule has 170 valence electrons. The summed E-state index contributed by atoms with van der Waals surface area (Å²) in [6.07, 6.45) is -1.81. The Bertz CT molecular complexity index is 1010. The van der Waals surface area contributed by atoms with Crippen LogP contribution in [0.25, 0.3) is 5.70 Å². The van der Waals surface area contributed by atoms with E-state index in [2.05, 4.69) is 5.32 Å². The quantitative estimate of drug-likeness (QED) is 0.457. The number of ether oxygens (including phenoxy) is 2. The van der Waals surface area contributed by atoms with Crippen molar-refractivity contribution in [3.8, 4) is 6.07 Å². The fourth-order valence-electron chi connectivity index (χ4n) is 2.90. The Morgan fingerprint density at radius 1 is 1.19 bits per heavy atom. The van der Waals surface area contributed by atoms with E-state index in [1.165, 1.54) is 18.0 Å². The first-order valence-corrected chi connectivity index (χ1v) is 10.3. The van der Waals surface area contributed by atoms with Crippen molar-refractivity contribution in [2.75, 3.05) is 13.2 Å². The lowest BCUT2D eigenvalue weighted by Gasteiger charge is -2.38. The lowest BCUT2D eigenvalue weighted by molar-refractivity contribution is -0.270. The number of nitriles is 1. The molecule has 0 spiro atoms. The van der Waals surface area contributed by atoms with E-state index in [0.29, 0.717) is 10.5 Å². The van der Waals surface area contributed by atoms with Crippen LogP contribution in [0.2, 0.25) is 0 Å². The Morgan fingerprint density at radius 2 is 1.91 bits per heavy atom. The van der Waals surface area contributed by atoms with Gasteiger partial charge < -0.3 is 30.7 Å². The van der Waals surface area contributed by atoms with Crippen molar-refractivity contribution in [3.63, 3.8) is 0 Å². The number of nitrogens with one attached hydrogen (secondary N) is 1. The largest absolute Gasteiger partial charge is 0.397 e. The number of halogens is 3. The SMILES string of the molecule is N#Cc1cccc(SC2OC(CO)C(O)OC2CN/C=C(\N)c2cc(F)c(F)c(F)c2)c1. The molecular weight excluding hydrogens is 447 g/mol. The van der Waals surface area contributed by atoms with Gasteiger partial charge in [0.2, 0.25) is 0 Å². The molecular formula is C21H20F3N3O4S. The number of nitrogens with two attached hydrogens (primary N) is 1. The molecule has 4 atom stereocenters. The molecule has 32 heavy (non-hydrogen) atoms. The summed E-state index contributed by atoms with van der Waals surface area (Å²) >= 11 is 1.23. The van der Waals surface area contributed by atoms with Crippen LogP contribution in [-0.2, 0) is 9.47 Å². The van der Waals surface area contributed by atoms with Gasteiger partial charge in [0, 0.05) is 23.2 Å². The molecule has 1 fully saturated rings. The molecule has 0 amide bonds. The second kappa shape index (κ2) is 10.7. The van der Waals surface area contributed by atoms with E-state index in [-0.39, 0.29) is 17.8 Å². The first kappa shape index (κ1) is 23.9. The average Bonchev–Trinajstić information content (AvgIpc) is 2.78. The molecule has 2 aromatic carbocycles. The van der Waals surface area contributed by atoms with Gasteiger partial charge in [0.05, 0.1) is 23.9 Å². The number of rotatable bonds is 7. The second-order valence-electron chi connectivity index (χ2n) is 6.81. The molecule has 5 N–H and O–H groups in total. The second-order valence-corrected chi connectivity index (χ2v) is 7.98. The number of hydrogen-bond acceptors (Lipinski definition) is 8. The van der Waals surface area contributed by atoms with E-state index in [1.807, 2.05) is 6.07 Å². The van der Waals surface area contributed by atoms with Crippen LogP contribution in [0.5, 0.6) is 0 Å². The van der Waals surface area contributed by atoms with Gasteiger partial charge in [-0.3, -0.25) is 0 Å². The molecule has 0 saturated carbocycles. The van der Waals surface area contributed by atoms with Crippen molar-refractivity contribution in [1.82, 2.24) is 5.32 Å². The maximum Gasteiger partial charge on any atom is 0.194 e. The van der Waals surface area contributed by atoms with Gasteiger partial charge in [-0.1, -0.05) is 17.8 Å². The van der Waals surface area contributed by atoms with Crippen LogP contribution < -0.4 is 11.1 Å². The Balaban J connectivity index is 1.71. The zero-order chi connectivity index (χ0) is 23.3. The summed E-state index contributed by atoms with van der Waals surface area (Å²) in [5, 5.41) is 31.3. The normalized spacial score (nSPS) is 23.6. The molecule has 7 nitrogen and oxygen atoms in total. The molecule has 11 heteroatoms. The van der Waals surface area contributed by atoms with Gasteiger partial charge in [0.15, 0.2) is 23.7 Å². The van der Waals surface area contributed by atoms with Crippen LogP contribution >= 0.6 is 11.8 Å². The number of nitrogens with zero attached hydrogens (tertiary/aromatic N) is 1. The molecule has 1 aliphatic rings. The topological polar surface area (TPSA) is 121 Å². The number of thioether (sulfide) groups is 1. The maximum atomic E-state index is 13.4. The van der Waals surface area contributed by atoms with Gasteiger partial charge >= 0.3 is 0 Å². The molecule has 2 aromatic rings. The Morgan fingerprint density at radius 3 is 2.56 bits per heavy atom. The smallest absolute Gasteiger partial charge is 0.194 e. The molecule has 1 aliphatic heterocycles. The summed E-state index contributed by atoms with van der Waals surface area (Å²) in [6, 6.07) is 10.4. The van der Waals surface area contributed by atoms with E-state index in [1.54, 1.807) is 24.3 Å². The fraction of sp³-hybridized carbons (Fsp3) is 0.286. The molecule has 1 saturated heterocycles. The van der Waals surface area contributed by atoms with Crippen LogP contribution in [-0.4, -0.2) is 47.3 Å². The monoisotopic (exact) mass is 467 g/mol. The van der Waals surface area contributed by atoms with E-state index in [0.717, 1.165) is 12.1 Å². The van der Waals surface area contributed by atoms with Crippen molar-refractivity contribution >= 4 is 17.5 Å². The summed E-state index contributed by atoms with van der Waals surface area (Å²) in [7, 11) is 0. The number of hydrogen-bond donors (Lipinski definition) is 4. The summed E-state index contributed by atoms with van der Waals surface area (Å²) in [4.78, 5) is 0.711. The third-order valence-corrected chi connectivity index (χ3v) is 5.71. The van der Waals surface area contributed by atoms with Crippen LogP contribution in [0, 0.1) is 28.8 Å². The molecule has 0 aromatic heterocycles. The van der Waals surface area contributed by atoms with Gasteiger partial charge in [-0.25, -0.2) is 13.2 Å². The van der Waals surface area contributed by atoms with Crippen LogP contribution in [0.1, 0.15) is 11.1 Å². The zero-order valence-corrected chi connectivity index (χ0v) is 17.4. The van der Waals surface area contributed by atoms with Gasteiger partial charge in [0.1, 0.15) is 17.6 Å². The molecule has 0 aliphatic carbocycles. The predicted octanol–water partition coefficient (Wildman–Crippen LogP) is 2.04. The minimum atomic E-state index is -1.59. The lowest BCUT2D eigenvalue weighted by atomic mass is 10.1. The van der Waals surface area contributed by atoms with Crippen LogP contribution in [0.4, 0.5) is 13.2 Å². The van der Waals surface area contributed by atoms with Crippen LogP contribution in [0.3, 0.4) is 0 Å². The molecule has 0 bridgehead atoms. The van der Waals surface area contributed by atoms with Gasteiger partial charge in [-0.05, 0) is 30.3 Å². The van der Waals surface area contributed by atoms with Crippen LogP contribution in [0.15, 0.2) is 47.5 Å². The highest BCUT2D eigenvalue weighted by atomic mass is 32.2. The van der Waals surface area contributed by atoms with Crippen molar-refractivity contribution in [1.29, 1.82) is 5.26 Å². The predicted molar refractivity (Wildman–Crippen MR) is 110 cm³/mol. The number of aliphatic hydroxyl groups excluding tert-OH is 2. The molecule has 0 radical (unpaired) electrons. The average molecular weight is 467 g/mol. The summed E-state index contributed by atoms with van der Waals surface area (Å²) in [5.41, 5.74) is 5.47. The van der Waals surface area contributed by atoms with Gasteiger partial charge in [-0.15, -0.1) is 0 Å². The Labute approximate surface area is 186 Å². The minimum absolute atomic E-state index is 0.0563. The molecule has 4 unspecified atom stereocenters. The third-order valence-electron chi connectivity index (χ3n) is 4.53. The first-order valence-electron chi connectivity index (χ1n) is 9.43. The summed E-state index contributed by atoms with van der Waals surface area (Å²) in [6.45, 7) is -0.400. The number of aliphatic hydroxyl groups is 2. The lowest BCUT2D eigenvalue weighted by Crippen LogP contribution is -2.52. The maximum absolute atomic E-state index is 13.4. The highest BCUT2D eigenvalue weighted by Crippen LogP contribution is 2.33. The Hall–Kier alpha value is -2.75. The highest BCUT2D eigenvalue weighted by Gasteiger charge is 2.38. The van der Waals surface area contributed by atoms with E-state index in [9.17, 15) is 23.4 Å². The third kappa shape index (κ3) is 5.73. The molecule has 1 heterocycles. The highest BCUT2D eigenvalue weighted by molar-refractivity contribution is 7.99. The minimum Gasteiger partial charge on any atom is -0.397 e. The summed E-state index contributed by atoms with van der Waals surface area (Å²) < 4.78 is 51.2. The van der Waals surface area contributed by atoms with E-state index >= 15 is 0 Å².